The third-order valence-electron chi connectivity index (χ3n) is 5.91. The van der Waals surface area contributed by atoms with Crippen LogP contribution in [-0.4, -0.2) is 50.8 Å². The number of carbonyl (C=O) groups is 1. The van der Waals surface area contributed by atoms with Crippen LogP contribution in [0.4, 0.5) is 13.2 Å². The van der Waals surface area contributed by atoms with Crippen molar-refractivity contribution < 1.29 is 26.4 Å². The minimum atomic E-state index is -3.61. The van der Waals surface area contributed by atoms with Crippen molar-refractivity contribution in [2.45, 2.75) is 31.0 Å². The summed E-state index contributed by atoms with van der Waals surface area (Å²) in [4.78, 5) is 14.5. The van der Waals surface area contributed by atoms with E-state index < -0.39 is 33.9 Å². The normalized spacial score (nSPS) is 26.0. The molecule has 1 aliphatic heterocycles. The van der Waals surface area contributed by atoms with Crippen molar-refractivity contribution in [3.05, 3.63) is 59.7 Å². The molecular weight excluding hydrogens is 429 g/mol. The van der Waals surface area contributed by atoms with Crippen LogP contribution in [0.15, 0.2) is 42.5 Å². The Labute approximate surface area is 179 Å². The molecule has 0 aromatic heterocycles. The molecule has 5 nitrogen and oxygen atoms in total. The largest absolute Gasteiger partial charge is 0.341 e. The summed E-state index contributed by atoms with van der Waals surface area (Å²) in [5.74, 6) is -2.12. The third-order valence-corrected chi connectivity index (χ3v) is 6.64. The van der Waals surface area contributed by atoms with E-state index >= 15 is 0 Å². The number of alkyl halides is 1. The van der Waals surface area contributed by atoms with Crippen LogP contribution in [0.5, 0.6) is 0 Å². The quantitative estimate of drug-likeness (QED) is 0.758. The van der Waals surface area contributed by atoms with Gasteiger partial charge in [0.1, 0.15) is 17.8 Å². The molecular formula is C22H23F3N2O3S. The number of sulfonamides is 1. The Hall–Kier alpha value is -2.39. The molecule has 9 heteroatoms. The number of benzene rings is 2. The Morgan fingerprint density at radius 3 is 2.45 bits per heavy atom. The average molecular weight is 452 g/mol. The topological polar surface area (TPSA) is 66.5 Å². The number of nitrogens with one attached hydrogen (secondary N) is 1. The summed E-state index contributed by atoms with van der Waals surface area (Å²) in [5, 5.41) is 0. The summed E-state index contributed by atoms with van der Waals surface area (Å²) in [7, 11) is -3.61. The van der Waals surface area contributed by atoms with Crippen LogP contribution in [0.25, 0.3) is 11.1 Å². The van der Waals surface area contributed by atoms with E-state index in [0.717, 1.165) is 6.26 Å². The summed E-state index contributed by atoms with van der Waals surface area (Å²) in [5.41, 5.74) is 0.986. The standard InChI is InChI=1S/C22H23F3N2O3S/c1-31(29,30)26-20-12-27(10-9-17(20)23)22(28)16-11-15(16)13-5-2-3-6-14(13)21-18(24)7-4-8-19(21)25/h2-8,15-17,20,26H,9-12H2,1H3/t15-,16+,17-,20+/m0/s1. The second-order valence-corrected chi connectivity index (χ2v) is 10.00. The molecule has 166 valence electrons. The number of rotatable bonds is 5. The zero-order chi connectivity index (χ0) is 22.3. The molecule has 2 aliphatic rings. The van der Waals surface area contributed by atoms with E-state index in [4.69, 9.17) is 0 Å². The van der Waals surface area contributed by atoms with E-state index in [1.807, 2.05) is 0 Å². The molecule has 1 heterocycles. The summed E-state index contributed by atoms with van der Waals surface area (Å²) in [6, 6.07) is 9.56. The lowest BCUT2D eigenvalue weighted by atomic mass is 9.95. The summed E-state index contributed by atoms with van der Waals surface area (Å²) in [6.45, 7) is 0.161. The maximum absolute atomic E-state index is 14.4. The SMILES string of the molecule is CS(=O)(=O)N[C@@H]1CN(C(=O)[C@@H]2C[C@H]2c2ccccc2-c2c(F)cccc2F)CC[C@@H]1F. The first-order valence-electron chi connectivity index (χ1n) is 10.1. The van der Waals surface area contributed by atoms with E-state index in [-0.39, 0.29) is 42.8 Å². The van der Waals surface area contributed by atoms with Gasteiger partial charge in [0.15, 0.2) is 0 Å². The van der Waals surface area contributed by atoms with Gasteiger partial charge in [-0.15, -0.1) is 0 Å². The Balaban J connectivity index is 1.53. The molecule has 0 radical (unpaired) electrons. The van der Waals surface area contributed by atoms with Gasteiger partial charge < -0.3 is 4.90 Å². The number of piperidine rings is 1. The maximum Gasteiger partial charge on any atom is 0.226 e. The van der Waals surface area contributed by atoms with E-state index in [0.29, 0.717) is 17.5 Å². The van der Waals surface area contributed by atoms with Crippen LogP contribution < -0.4 is 4.72 Å². The van der Waals surface area contributed by atoms with Gasteiger partial charge in [-0.2, -0.15) is 0 Å². The van der Waals surface area contributed by atoms with Crippen LogP contribution in [0, 0.1) is 17.6 Å². The molecule has 31 heavy (non-hydrogen) atoms. The van der Waals surface area contributed by atoms with Crippen molar-refractivity contribution in [3.63, 3.8) is 0 Å². The van der Waals surface area contributed by atoms with Crippen LogP contribution in [0.3, 0.4) is 0 Å². The summed E-state index contributed by atoms with van der Waals surface area (Å²) < 4.78 is 68.1. The second-order valence-electron chi connectivity index (χ2n) is 8.22. The highest BCUT2D eigenvalue weighted by Crippen LogP contribution is 2.51. The molecule has 0 bridgehead atoms. The molecule has 2 fully saturated rings. The van der Waals surface area contributed by atoms with Gasteiger partial charge in [0.2, 0.25) is 15.9 Å². The molecule has 2 aromatic carbocycles. The van der Waals surface area contributed by atoms with Gasteiger partial charge in [-0.05, 0) is 42.0 Å². The monoisotopic (exact) mass is 452 g/mol. The van der Waals surface area contributed by atoms with Gasteiger partial charge in [-0.3, -0.25) is 4.79 Å². The zero-order valence-corrected chi connectivity index (χ0v) is 17.7. The first kappa shape index (κ1) is 21.8. The molecule has 1 aliphatic carbocycles. The van der Waals surface area contributed by atoms with Crippen molar-refractivity contribution in [2.75, 3.05) is 19.3 Å². The average Bonchev–Trinajstić information content (AvgIpc) is 3.49. The lowest BCUT2D eigenvalue weighted by molar-refractivity contribution is -0.134. The number of halogens is 3. The van der Waals surface area contributed by atoms with Crippen molar-refractivity contribution in [3.8, 4) is 11.1 Å². The smallest absolute Gasteiger partial charge is 0.226 e. The Bertz CT molecular complexity index is 1090. The number of hydrogen-bond acceptors (Lipinski definition) is 3. The van der Waals surface area contributed by atoms with Gasteiger partial charge in [0, 0.05) is 19.0 Å². The molecule has 1 N–H and O–H groups in total. The van der Waals surface area contributed by atoms with Crippen molar-refractivity contribution in [2.24, 2.45) is 5.92 Å². The third kappa shape index (κ3) is 4.62. The summed E-state index contributed by atoms with van der Waals surface area (Å²) in [6.07, 6.45) is 0.161. The minimum absolute atomic E-state index is 0.0418. The van der Waals surface area contributed by atoms with Gasteiger partial charge in [0.25, 0.3) is 0 Å². The fourth-order valence-corrected chi connectivity index (χ4v) is 5.13. The highest BCUT2D eigenvalue weighted by molar-refractivity contribution is 7.88. The number of hydrogen-bond donors (Lipinski definition) is 1. The van der Waals surface area contributed by atoms with Crippen LogP contribution in [0.2, 0.25) is 0 Å². The number of amides is 1. The van der Waals surface area contributed by atoms with Crippen LogP contribution >= 0.6 is 0 Å². The van der Waals surface area contributed by atoms with Crippen LogP contribution in [0.1, 0.15) is 24.3 Å². The molecule has 4 atom stereocenters. The van der Waals surface area contributed by atoms with Gasteiger partial charge in [-0.1, -0.05) is 30.3 Å². The number of nitrogens with zero attached hydrogens (tertiary/aromatic N) is 1. The Morgan fingerprint density at radius 1 is 1.10 bits per heavy atom. The lowest BCUT2D eigenvalue weighted by Crippen LogP contribution is -2.55. The first-order chi connectivity index (χ1) is 14.7. The molecule has 4 rings (SSSR count). The molecule has 2 aromatic rings. The predicted octanol–water partition coefficient (Wildman–Crippen LogP) is 3.22. The molecule has 0 spiro atoms. The van der Waals surface area contributed by atoms with Crippen molar-refractivity contribution in [1.29, 1.82) is 0 Å². The maximum atomic E-state index is 14.4. The Morgan fingerprint density at radius 2 is 1.77 bits per heavy atom. The predicted molar refractivity (Wildman–Crippen MR) is 111 cm³/mol. The fraction of sp³-hybridized carbons (Fsp3) is 0.409. The fourth-order valence-electron chi connectivity index (χ4n) is 4.36. The number of carbonyl (C=O) groups excluding carboxylic acids is 1. The highest BCUT2D eigenvalue weighted by Gasteiger charge is 2.48. The zero-order valence-electron chi connectivity index (χ0n) is 16.9. The van der Waals surface area contributed by atoms with E-state index in [9.17, 15) is 26.4 Å². The van der Waals surface area contributed by atoms with Crippen molar-refractivity contribution in [1.82, 2.24) is 9.62 Å². The van der Waals surface area contributed by atoms with E-state index in [1.165, 1.54) is 23.1 Å². The second kappa shape index (κ2) is 8.27. The molecule has 1 amide bonds. The molecule has 1 saturated carbocycles. The van der Waals surface area contributed by atoms with Crippen molar-refractivity contribution >= 4 is 15.9 Å². The minimum Gasteiger partial charge on any atom is -0.341 e. The van der Waals surface area contributed by atoms with E-state index in [2.05, 4.69) is 4.72 Å². The first-order valence-corrected chi connectivity index (χ1v) is 12.0. The van der Waals surface area contributed by atoms with Gasteiger partial charge in [-0.25, -0.2) is 26.3 Å². The van der Waals surface area contributed by atoms with E-state index in [1.54, 1.807) is 24.3 Å². The van der Waals surface area contributed by atoms with Gasteiger partial charge in [0.05, 0.1) is 17.9 Å². The Kier molecular flexibility index (Phi) is 5.83. The lowest BCUT2D eigenvalue weighted by Gasteiger charge is -2.35. The van der Waals surface area contributed by atoms with Crippen LogP contribution in [-0.2, 0) is 14.8 Å². The molecule has 0 unspecified atom stereocenters. The number of likely N-dealkylation sites (tertiary alicyclic amines) is 1. The van der Waals surface area contributed by atoms with Gasteiger partial charge >= 0.3 is 0 Å². The molecule has 1 saturated heterocycles. The summed E-state index contributed by atoms with van der Waals surface area (Å²) >= 11 is 0. The highest BCUT2D eigenvalue weighted by atomic mass is 32.2.